The van der Waals surface area contributed by atoms with Crippen LogP contribution in [0.25, 0.3) is 0 Å². The van der Waals surface area contributed by atoms with Gasteiger partial charge in [-0.2, -0.15) is 0 Å². The minimum absolute atomic E-state index is 0.0693. The fourth-order valence-corrected chi connectivity index (χ4v) is 3.26. The van der Waals surface area contributed by atoms with Crippen molar-refractivity contribution in [3.63, 3.8) is 0 Å². The molecule has 4 N–H and O–H groups in total. The Kier molecular flexibility index (Phi) is 9.32. The maximum Gasteiger partial charge on any atom is 0.269 e. The second-order valence-corrected chi connectivity index (χ2v) is 8.70. The number of carbonyl (C=O) groups is 4. The number of carbonyl (C=O) groups excluding carboxylic acids is 4. The van der Waals surface area contributed by atoms with Gasteiger partial charge in [0.1, 0.15) is 11.8 Å². The number of anilines is 2. The monoisotopic (exact) mass is 552 g/mol. The molecule has 0 aliphatic rings. The van der Waals surface area contributed by atoms with E-state index < -0.39 is 11.9 Å². The van der Waals surface area contributed by atoms with E-state index >= 15 is 0 Å². The molecule has 0 aliphatic carbocycles. The van der Waals surface area contributed by atoms with Crippen LogP contribution < -0.4 is 26.2 Å². The van der Waals surface area contributed by atoms with E-state index in [9.17, 15) is 19.2 Å². The van der Waals surface area contributed by atoms with Crippen LogP contribution in [0.5, 0.6) is 5.75 Å². The molecule has 0 aromatic heterocycles. The van der Waals surface area contributed by atoms with Crippen molar-refractivity contribution in [2.45, 2.75) is 19.9 Å². The second-order valence-electron chi connectivity index (χ2n) is 7.78. The van der Waals surface area contributed by atoms with Crippen LogP contribution in [-0.2, 0) is 9.59 Å². The highest BCUT2D eigenvalue weighted by Gasteiger charge is 2.17. The molecule has 186 valence electrons. The zero-order chi connectivity index (χ0) is 26.1. The van der Waals surface area contributed by atoms with Gasteiger partial charge in [-0.3, -0.25) is 24.6 Å². The highest BCUT2D eigenvalue weighted by atomic mass is 79.9. The summed E-state index contributed by atoms with van der Waals surface area (Å²) in [6.45, 7) is 2.74. The number of rotatable bonds is 10. The molecule has 0 radical (unpaired) electrons. The average molecular weight is 553 g/mol. The standard InChI is InChI=1S/C26H25BrN4O5/c1-16(25(34)29-21-11-7-18(8-12-21)17(2)32)30-31-26(35)22-5-3-4-6-23(22)36-15-24(33)28-20-13-9-19(27)10-14-20/h3-14,16,30H,15H2,1-2H3,(H,28,33)(H,29,34)(H,31,35)/t16-/m1/s1. The Morgan fingerprint density at radius 1 is 0.861 bits per heavy atom. The number of hydrogen-bond acceptors (Lipinski definition) is 6. The van der Waals surface area contributed by atoms with Crippen LogP contribution in [0.4, 0.5) is 11.4 Å². The third kappa shape index (κ3) is 7.76. The summed E-state index contributed by atoms with van der Waals surface area (Å²) in [6, 6.07) is 19.3. The Labute approximate surface area is 216 Å². The fraction of sp³-hybridized carbons (Fsp3) is 0.154. The van der Waals surface area contributed by atoms with Crippen LogP contribution in [0.2, 0.25) is 0 Å². The topological polar surface area (TPSA) is 126 Å². The molecule has 3 aromatic carbocycles. The molecule has 9 nitrogen and oxygen atoms in total. The van der Waals surface area contributed by atoms with Gasteiger partial charge in [-0.05, 0) is 74.5 Å². The van der Waals surface area contributed by atoms with Crippen molar-refractivity contribution in [3.05, 3.63) is 88.4 Å². The first kappa shape index (κ1) is 26.6. The number of ether oxygens (including phenoxy) is 1. The van der Waals surface area contributed by atoms with Crippen molar-refractivity contribution in [1.82, 2.24) is 10.9 Å². The van der Waals surface area contributed by atoms with Crippen molar-refractivity contribution in [2.24, 2.45) is 0 Å². The summed E-state index contributed by atoms with van der Waals surface area (Å²) < 4.78 is 6.45. The normalized spacial score (nSPS) is 11.2. The van der Waals surface area contributed by atoms with Crippen LogP contribution in [0, 0.1) is 0 Å². The minimum atomic E-state index is -0.772. The molecule has 0 unspecified atom stereocenters. The largest absolute Gasteiger partial charge is 0.483 e. The van der Waals surface area contributed by atoms with Gasteiger partial charge in [-0.15, -0.1) is 0 Å². The predicted molar refractivity (Wildman–Crippen MR) is 140 cm³/mol. The van der Waals surface area contributed by atoms with Crippen molar-refractivity contribution >= 4 is 50.8 Å². The van der Waals surface area contributed by atoms with E-state index in [0.29, 0.717) is 16.9 Å². The summed E-state index contributed by atoms with van der Waals surface area (Å²) >= 11 is 3.33. The number of halogens is 1. The van der Waals surface area contributed by atoms with Crippen molar-refractivity contribution in [3.8, 4) is 5.75 Å². The summed E-state index contributed by atoms with van der Waals surface area (Å²) in [5, 5.41) is 5.41. The number of ketones is 1. The zero-order valence-corrected chi connectivity index (χ0v) is 21.2. The fourth-order valence-electron chi connectivity index (χ4n) is 3.00. The Morgan fingerprint density at radius 2 is 1.47 bits per heavy atom. The molecule has 0 spiro atoms. The van der Waals surface area contributed by atoms with E-state index in [1.165, 1.54) is 6.92 Å². The first-order valence-electron chi connectivity index (χ1n) is 11.0. The number of benzene rings is 3. The van der Waals surface area contributed by atoms with Crippen LogP contribution in [0.15, 0.2) is 77.3 Å². The molecule has 3 amide bonds. The SMILES string of the molecule is CC(=O)c1ccc(NC(=O)[C@@H](C)NNC(=O)c2ccccc2OCC(=O)Nc2ccc(Br)cc2)cc1. The Hall–Kier alpha value is -4.02. The smallest absolute Gasteiger partial charge is 0.269 e. The van der Waals surface area contributed by atoms with E-state index in [1.54, 1.807) is 79.7 Å². The van der Waals surface area contributed by atoms with Crippen molar-refractivity contribution in [1.29, 1.82) is 0 Å². The van der Waals surface area contributed by atoms with Crippen molar-refractivity contribution < 1.29 is 23.9 Å². The van der Waals surface area contributed by atoms with Crippen LogP contribution in [0.3, 0.4) is 0 Å². The number of hydrazine groups is 1. The maximum atomic E-state index is 12.7. The lowest BCUT2D eigenvalue weighted by atomic mass is 10.1. The predicted octanol–water partition coefficient (Wildman–Crippen LogP) is 3.93. The van der Waals surface area contributed by atoms with Crippen molar-refractivity contribution in [2.75, 3.05) is 17.2 Å². The molecule has 3 aromatic rings. The number of para-hydroxylation sites is 1. The van der Waals surface area contributed by atoms with Crippen LogP contribution in [-0.4, -0.2) is 36.2 Å². The number of Topliss-reactive ketones (excluding diaryl/α,β-unsaturated/α-hetero) is 1. The minimum Gasteiger partial charge on any atom is -0.483 e. The molecule has 0 bridgehead atoms. The van der Waals surface area contributed by atoms with Gasteiger partial charge in [0.25, 0.3) is 11.8 Å². The average Bonchev–Trinajstić information content (AvgIpc) is 2.87. The Balaban J connectivity index is 1.51. The quantitative estimate of drug-likeness (QED) is 0.223. The highest BCUT2D eigenvalue weighted by molar-refractivity contribution is 9.10. The Bertz CT molecular complexity index is 1250. The molecule has 1 atom stereocenters. The number of nitrogens with one attached hydrogen (secondary N) is 4. The van der Waals surface area contributed by atoms with E-state index in [0.717, 1.165) is 4.47 Å². The summed E-state index contributed by atoms with van der Waals surface area (Å²) in [5.74, 6) is -1.16. The first-order chi connectivity index (χ1) is 17.2. The Morgan fingerprint density at radius 3 is 2.14 bits per heavy atom. The molecular weight excluding hydrogens is 528 g/mol. The maximum absolute atomic E-state index is 12.7. The third-order valence-electron chi connectivity index (χ3n) is 4.97. The molecule has 0 fully saturated rings. The number of hydrogen-bond donors (Lipinski definition) is 4. The summed E-state index contributed by atoms with van der Waals surface area (Å²) in [7, 11) is 0. The van der Waals surface area contributed by atoms with E-state index in [-0.39, 0.29) is 35.5 Å². The van der Waals surface area contributed by atoms with Gasteiger partial charge in [0, 0.05) is 21.4 Å². The molecular formula is C26H25BrN4O5. The molecule has 0 saturated carbocycles. The highest BCUT2D eigenvalue weighted by Crippen LogP contribution is 2.18. The molecule has 36 heavy (non-hydrogen) atoms. The molecule has 10 heteroatoms. The van der Waals surface area contributed by atoms with Gasteiger partial charge >= 0.3 is 0 Å². The molecule has 0 heterocycles. The second kappa shape index (κ2) is 12.6. The summed E-state index contributed by atoms with van der Waals surface area (Å²) in [4.78, 5) is 48.7. The third-order valence-corrected chi connectivity index (χ3v) is 5.50. The van der Waals surface area contributed by atoms with Crippen LogP contribution in [0.1, 0.15) is 34.6 Å². The summed E-state index contributed by atoms with van der Waals surface area (Å²) in [5.41, 5.74) is 7.00. The van der Waals surface area contributed by atoms with Gasteiger partial charge in [-0.25, -0.2) is 5.43 Å². The number of amides is 3. The van der Waals surface area contributed by atoms with Gasteiger partial charge in [0.2, 0.25) is 5.91 Å². The van der Waals surface area contributed by atoms with E-state index in [1.807, 2.05) is 0 Å². The summed E-state index contributed by atoms with van der Waals surface area (Å²) in [6.07, 6.45) is 0. The zero-order valence-electron chi connectivity index (χ0n) is 19.6. The lowest BCUT2D eigenvalue weighted by Crippen LogP contribution is -2.48. The van der Waals surface area contributed by atoms with E-state index in [4.69, 9.17) is 4.74 Å². The van der Waals surface area contributed by atoms with Crippen LogP contribution >= 0.6 is 15.9 Å². The lowest BCUT2D eigenvalue weighted by Gasteiger charge is -2.16. The lowest BCUT2D eigenvalue weighted by molar-refractivity contribution is -0.118. The van der Waals surface area contributed by atoms with Gasteiger partial charge in [-0.1, -0.05) is 28.1 Å². The molecule has 3 rings (SSSR count). The van der Waals surface area contributed by atoms with Gasteiger partial charge < -0.3 is 15.4 Å². The molecule has 0 aliphatic heterocycles. The van der Waals surface area contributed by atoms with E-state index in [2.05, 4.69) is 37.4 Å². The van der Waals surface area contributed by atoms with Gasteiger partial charge in [0.15, 0.2) is 12.4 Å². The molecule has 0 saturated heterocycles. The van der Waals surface area contributed by atoms with Gasteiger partial charge in [0.05, 0.1) is 5.56 Å². The first-order valence-corrected chi connectivity index (χ1v) is 11.8.